The van der Waals surface area contributed by atoms with Crippen LogP contribution >= 0.6 is 11.9 Å². The Morgan fingerprint density at radius 1 is 2.00 bits per heavy atom. The standard InChI is InChI=1S/CH3NOS/c2-4-1-3/h1H,2H2. The van der Waals surface area contributed by atoms with Crippen molar-refractivity contribution in [2.75, 3.05) is 0 Å². The lowest BCUT2D eigenvalue weighted by atomic mass is 11.8. The van der Waals surface area contributed by atoms with Crippen LogP contribution in [0, 0.1) is 0 Å². The average Bonchev–Trinajstić information content (AvgIpc) is 1.37. The molecular weight excluding hydrogens is 74.1 g/mol. The predicted molar refractivity (Wildman–Crippen MR) is 18.5 cm³/mol. The average molecular weight is 77.1 g/mol. The van der Waals surface area contributed by atoms with Crippen LogP contribution in [-0.4, -0.2) is 5.62 Å². The summed E-state index contributed by atoms with van der Waals surface area (Å²) in [5.74, 6) is 0. The molecule has 0 aromatic heterocycles. The van der Waals surface area contributed by atoms with Gasteiger partial charge in [-0.1, -0.05) is 0 Å². The molecule has 2 nitrogen and oxygen atoms in total. The van der Waals surface area contributed by atoms with Gasteiger partial charge >= 0.3 is 0 Å². The summed E-state index contributed by atoms with van der Waals surface area (Å²) in [6.07, 6.45) is 0. The topological polar surface area (TPSA) is 43.1 Å². The first-order valence-electron chi connectivity index (χ1n) is 0.707. The molecule has 3 heteroatoms. The van der Waals surface area contributed by atoms with Gasteiger partial charge in [0.1, 0.15) is 0 Å². The van der Waals surface area contributed by atoms with Gasteiger partial charge in [-0.3, -0.25) is 9.93 Å². The van der Waals surface area contributed by atoms with Crippen molar-refractivity contribution in [3.63, 3.8) is 0 Å². The Balaban J connectivity index is 2.30. The van der Waals surface area contributed by atoms with Gasteiger partial charge in [-0.25, -0.2) is 0 Å². The van der Waals surface area contributed by atoms with Crippen molar-refractivity contribution in [1.82, 2.24) is 0 Å². The first kappa shape index (κ1) is 3.98. The number of hydrogen-bond donors (Lipinski definition) is 1. The van der Waals surface area contributed by atoms with Crippen LogP contribution in [0.5, 0.6) is 0 Å². The van der Waals surface area contributed by atoms with Crippen molar-refractivity contribution in [2.24, 2.45) is 5.14 Å². The van der Waals surface area contributed by atoms with Crippen molar-refractivity contribution in [1.29, 1.82) is 0 Å². The first-order chi connectivity index (χ1) is 1.91. The van der Waals surface area contributed by atoms with Crippen LogP contribution in [0.1, 0.15) is 0 Å². The Hall–Kier alpha value is -0.0200. The third kappa shape index (κ3) is 1.98. The molecule has 0 amide bonds. The van der Waals surface area contributed by atoms with Crippen molar-refractivity contribution in [3.8, 4) is 0 Å². The number of rotatable bonds is 1. The van der Waals surface area contributed by atoms with Crippen LogP contribution < -0.4 is 5.14 Å². The van der Waals surface area contributed by atoms with Crippen LogP contribution in [0.4, 0.5) is 0 Å². The number of nitrogens with two attached hydrogens (primary N) is 1. The Morgan fingerprint density at radius 2 is 2.25 bits per heavy atom. The smallest absolute Gasteiger partial charge is 0.190 e. The molecule has 0 aliphatic rings. The fraction of sp³-hybridized carbons (Fsp3) is 0. The molecule has 4 heavy (non-hydrogen) atoms. The predicted octanol–water partition coefficient (Wildman–Crippen LogP) is -0.216. The minimum atomic E-state index is 0.569. The highest BCUT2D eigenvalue weighted by atomic mass is 32.2. The van der Waals surface area contributed by atoms with E-state index in [0.29, 0.717) is 17.6 Å². The van der Waals surface area contributed by atoms with Crippen LogP contribution in [0.15, 0.2) is 0 Å². The van der Waals surface area contributed by atoms with Gasteiger partial charge < -0.3 is 0 Å². The van der Waals surface area contributed by atoms with Crippen molar-refractivity contribution in [3.05, 3.63) is 0 Å². The Bertz CT molecular complexity index is 22.0. The molecule has 0 radical (unpaired) electrons. The maximum Gasteiger partial charge on any atom is 0.190 e. The molecule has 0 saturated carbocycles. The fourth-order valence-electron chi connectivity index (χ4n) is 0. The van der Waals surface area contributed by atoms with Crippen molar-refractivity contribution < 1.29 is 4.79 Å². The molecule has 0 fully saturated rings. The van der Waals surface area contributed by atoms with Gasteiger partial charge in [0.15, 0.2) is 5.62 Å². The molecule has 0 rings (SSSR count). The van der Waals surface area contributed by atoms with E-state index < -0.39 is 0 Å². The molecule has 0 aromatic rings. The Labute approximate surface area is 28.5 Å². The van der Waals surface area contributed by atoms with E-state index in [-0.39, 0.29) is 0 Å². The molecule has 0 aliphatic carbocycles. The second-order valence-electron chi connectivity index (χ2n) is 0.232. The molecular formula is CH3NOS. The molecule has 0 unspecified atom stereocenters. The quantitative estimate of drug-likeness (QED) is 0.347. The van der Waals surface area contributed by atoms with E-state index >= 15 is 0 Å². The zero-order valence-electron chi connectivity index (χ0n) is 1.97. The van der Waals surface area contributed by atoms with Gasteiger partial charge in [0.05, 0.1) is 0 Å². The zero-order chi connectivity index (χ0) is 3.41. The molecule has 0 atom stereocenters. The Kier molecular flexibility index (Phi) is 2.97. The first-order valence-corrected chi connectivity index (χ1v) is 1.65. The summed E-state index contributed by atoms with van der Waals surface area (Å²) in [6, 6.07) is 0. The molecule has 24 valence electrons. The van der Waals surface area contributed by atoms with Gasteiger partial charge in [-0.2, -0.15) is 0 Å². The van der Waals surface area contributed by atoms with Crippen LogP contribution in [0.25, 0.3) is 0 Å². The SMILES string of the molecule is NSC=O. The summed E-state index contributed by atoms with van der Waals surface area (Å²) in [7, 11) is 0. The van der Waals surface area contributed by atoms with Crippen LogP contribution in [-0.2, 0) is 4.79 Å². The van der Waals surface area contributed by atoms with Crippen LogP contribution in [0.2, 0.25) is 0 Å². The molecule has 0 spiro atoms. The number of carbonyl (C=O) groups excluding carboxylic acids is 1. The lowest BCUT2D eigenvalue weighted by Crippen LogP contribution is -1.71. The maximum absolute atomic E-state index is 9.01. The summed E-state index contributed by atoms with van der Waals surface area (Å²) < 4.78 is 0. The monoisotopic (exact) mass is 77.0 g/mol. The van der Waals surface area contributed by atoms with Gasteiger partial charge in [-0.15, -0.1) is 0 Å². The summed E-state index contributed by atoms with van der Waals surface area (Å²) in [4.78, 5) is 9.01. The highest BCUT2D eigenvalue weighted by Crippen LogP contribution is 1.64. The largest absolute Gasteiger partial charge is 0.290 e. The summed E-state index contributed by atoms with van der Waals surface area (Å²) in [5.41, 5.74) is 0.569. The Morgan fingerprint density at radius 3 is 2.25 bits per heavy atom. The molecule has 0 aromatic carbocycles. The van der Waals surface area contributed by atoms with Gasteiger partial charge in [0, 0.05) is 0 Å². The van der Waals surface area contributed by atoms with E-state index in [2.05, 4.69) is 5.14 Å². The minimum Gasteiger partial charge on any atom is -0.290 e. The molecule has 2 N–H and O–H groups in total. The van der Waals surface area contributed by atoms with E-state index in [1.54, 1.807) is 0 Å². The van der Waals surface area contributed by atoms with E-state index in [9.17, 15) is 0 Å². The third-order valence-corrected chi connectivity index (χ3v) is 0.167. The molecule has 0 saturated heterocycles. The van der Waals surface area contributed by atoms with E-state index in [1.165, 1.54) is 0 Å². The summed E-state index contributed by atoms with van der Waals surface area (Å²) >= 11 is 0.676. The minimum absolute atomic E-state index is 0.569. The lowest BCUT2D eigenvalue weighted by Gasteiger charge is -1.54. The van der Waals surface area contributed by atoms with Crippen LogP contribution in [0.3, 0.4) is 0 Å². The van der Waals surface area contributed by atoms with Gasteiger partial charge in [0.2, 0.25) is 0 Å². The molecule has 0 aliphatic heterocycles. The highest BCUT2D eigenvalue weighted by molar-refractivity contribution is 8.09. The fourth-order valence-corrected chi connectivity index (χ4v) is 0. The summed E-state index contributed by atoms with van der Waals surface area (Å²) in [6.45, 7) is 0. The van der Waals surface area contributed by atoms with Crippen molar-refractivity contribution in [2.45, 2.75) is 0 Å². The van der Waals surface area contributed by atoms with E-state index in [1.807, 2.05) is 0 Å². The van der Waals surface area contributed by atoms with Gasteiger partial charge in [0.25, 0.3) is 0 Å². The second-order valence-corrected chi connectivity index (χ2v) is 0.697. The second kappa shape index (κ2) is 2.98. The summed E-state index contributed by atoms with van der Waals surface area (Å²) in [5, 5.41) is 4.58. The molecule has 0 heterocycles. The maximum atomic E-state index is 9.01. The van der Waals surface area contributed by atoms with Gasteiger partial charge in [-0.05, 0) is 11.9 Å². The number of carbonyl (C=O) groups is 1. The van der Waals surface area contributed by atoms with E-state index in [4.69, 9.17) is 4.79 Å². The lowest BCUT2D eigenvalue weighted by molar-refractivity contribution is 0.570. The highest BCUT2D eigenvalue weighted by Gasteiger charge is 1.51. The normalized spacial score (nSPS) is 6.25. The third-order valence-electron chi connectivity index (χ3n) is 0.0556. The van der Waals surface area contributed by atoms with E-state index in [0.717, 1.165) is 0 Å². The van der Waals surface area contributed by atoms with Crippen molar-refractivity contribution >= 4 is 17.6 Å². The zero-order valence-corrected chi connectivity index (χ0v) is 2.79. The number of hydrogen-bond acceptors (Lipinski definition) is 3. The molecule has 0 bridgehead atoms.